The van der Waals surface area contributed by atoms with Gasteiger partial charge in [0.25, 0.3) is 0 Å². The number of nitrogens with one attached hydrogen (secondary N) is 1. The fourth-order valence-corrected chi connectivity index (χ4v) is 5.27. The maximum atomic E-state index is 12.7. The van der Waals surface area contributed by atoms with E-state index >= 15 is 0 Å². The van der Waals surface area contributed by atoms with E-state index in [1.807, 2.05) is 6.08 Å². The molecule has 0 aromatic heterocycles. The summed E-state index contributed by atoms with van der Waals surface area (Å²) in [5, 5.41) is 53.5. The minimum atomic E-state index is -1.56. The van der Waals surface area contributed by atoms with Crippen LogP contribution in [0.5, 0.6) is 0 Å². The molecule has 7 atom stereocenters. The molecule has 0 aromatic carbocycles. The van der Waals surface area contributed by atoms with Crippen LogP contribution in [0.15, 0.2) is 12.2 Å². The molecule has 1 aliphatic rings. The third-order valence-electron chi connectivity index (χ3n) is 8.11. The summed E-state index contributed by atoms with van der Waals surface area (Å²) in [5.74, 6) is -0.184. The number of amides is 1. The maximum absolute atomic E-state index is 12.7. The summed E-state index contributed by atoms with van der Waals surface area (Å²) in [6.45, 7) is 3.67. The SMILES string of the molecule is CCCCCCC/C=C/C(O)C(COC1OC(CO)C(O)C(O)C1O)NC(=O)CCCCCCCCCCCCCC. The Bertz CT molecular complexity index is 676. The van der Waals surface area contributed by atoms with Gasteiger partial charge in [-0.1, -0.05) is 122 Å². The van der Waals surface area contributed by atoms with E-state index in [1.165, 1.54) is 77.0 Å². The molecule has 7 unspecified atom stereocenters. The summed E-state index contributed by atoms with van der Waals surface area (Å²) < 4.78 is 11.1. The van der Waals surface area contributed by atoms with Crippen LogP contribution in [0.3, 0.4) is 0 Å². The predicted molar refractivity (Wildman–Crippen MR) is 166 cm³/mol. The Morgan fingerprint density at radius 3 is 1.86 bits per heavy atom. The lowest BCUT2D eigenvalue weighted by molar-refractivity contribution is -0.302. The summed E-state index contributed by atoms with van der Waals surface area (Å²) in [6.07, 6.45) is 17.0. The number of allylic oxidation sites excluding steroid dienone is 1. The zero-order chi connectivity index (χ0) is 31.0. The van der Waals surface area contributed by atoms with E-state index in [-0.39, 0.29) is 12.5 Å². The zero-order valence-corrected chi connectivity index (χ0v) is 26.5. The fourth-order valence-electron chi connectivity index (χ4n) is 5.27. The van der Waals surface area contributed by atoms with Gasteiger partial charge in [0, 0.05) is 6.42 Å². The first-order valence-electron chi connectivity index (χ1n) is 16.9. The van der Waals surface area contributed by atoms with Gasteiger partial charge in [-0.05, 0) is 19.3 Å². The van der Waals surface area contributed by atoms with Crippen molar-refractivity contribution in [1.82, 2.24) is 5.32 Å². The lowest BCUT2D eigenvalue weighted by Crippen LogP contribution is -2.60. The van der Waals surface area contributed by atoms with Crippen LogP contribution in [0, 0.1) is 0 Å². The molecule has 1 aliphatic heterocycles. The van der Waals surface area contributed by atoms with Crippen molar-refractivity contribution >= 4 is 5.91 Å². The van der Waals surface area contributed by atoms with Crippen LogP contribution >= 0.6 is 0 Å². The van der Waals surface area contributed by atoms with Crippen molar-refractivity contribution in [3.05, 3.63) is 12.2 Å². The molecule has 1 amide bonds. The Morgan fingerprint density at radius 1 is 0.786 bits per heavy atom. The number of carbonyl (C=O) groups is 1. The van der Waals surface area contributed by atoms with Crippen LogP contribution in [0.2, 0.25) is 0 Å². The molecule has 1 fully saturated rings. The molecule has 9 nitrogen and oxygen atoms in total. The Morgan fingerprint density at radius 2 is 1.31 bits per heavy atom. The van der Waals surface area contributed by atoms with Crippen molar-refractivity contribution in [2.24, 2.45) is 0 Å². The smallest absolute Gasteiger partial charge is 0.220 e. The number of carbonyl (C=O) groups excluding carboxylic acids is 1. The van der Waals surface area contributed by atoms with Crippen molar-refractivity contribution in [3.63, 3.8) is 0 Å². The molecule has 1 rings (SSSR count). The van der Waals surface area contributed by atoms with Crippen molar-refractivity contribution in [2.75, 3.05) is 13.2 Å². The molecular formula is C33H63NO8. The van der Waals surface area contributed by atoms with Crippen LogP contribution in [0.4, 0.5) is 0 Å². The quantitative estimate of drug-likeness (QED) is 0.0620. The predicted octanol–water partition coefficient (Wildman–Crippen LogP) is 4.66. The Balaban J connectivity index is 2.48. The van der Waals surface area contributed by atoms with E-state index in [4.69, 9.17) is 9.47 Å². The van der Waals surface area contributed by atoms with E-state index in [0.717, 1.165) is 38.5 Å². The molecule has 0 aromatic rings. The highest BCUT2D eigenvalue weighted by Crippen LogP contribution is 2.22. The summed E-state index contributed by atoms with van der Waals surface area (Å²) in [4.78, 5) is 12.7. The Hall–Kier alpha value is -1.07. The van der Waals surface area contributed by atoms with Crippen molar-refractivity contribution in [2.45, 2.75) is 179 Å². The zero-order valence-electron chi connectivity index (χ0n) is 26.5. The first-order valence-corrected chi connectivity index (χ1v) is 16.9. The van der Waals surface area contributed by atoms with E-state index in [2.05, 4.69) is 19.2 Å². The molecule has 0 aliphatic carbocycles. The van der Waals surface area contributed by atoms with E-state index in [0.29, 0.717) is 6.42 Å². The molecule has 0 saturated carbocycles. The summed E-state index contributed by atoms with van der Waals surface area (Å²) in [6, 6.07) is -0.793. The monoisotopic (exact) mass is 601 g/mol. The molecule has 6 N–H and O–H groups in total. The molecule has 0 bridgehead atoms. The number of unbranched alkanes of at least 4 members (excludes halogenated alkanes) is 16. The van der Waals surface area contributed by atoms with Gasteiger partial charge in [-0.25, -0.2) is 0 Å². The second-order valence-electron chi connectivity index (χ2n) is 12.0. The molecule has 248 valence electrons. The molecule has 0 spiro atoms. The van der Waals surface area contributed by atoms with Gasteiger partial charge in [-0.15, -0.1) is 0 Å². The van der Waals surface area contributed by atoms with Crippen LogP contribution in [0.25, 0.3) is 0 Å². The van der Waals surface area contributed by atoms with Gasteiger partial charge in [-0.2, -0.15) is 0 Å². The van der Waals surface area contributed by atoms with Crippen molar-refractivity contribution in [1.29, 1.82) is 0 Å². The van der Waals surface area contributed by atoms with Gasteiger partial charge >= 0.3 is 0 Å². The van der Waals surface area contributed by atoms with Gasteiger partial charge in [-0.3, -0.25) is 4.79 Å². The molecular weight excluding hydrogens is 538 g/mol. The minimum Gasteiger partial charge on any atom is -0.394 e. The van der Waals surface area contributed by atoms with Crippen LogP contribution < -0.4 is 5.32 Å². The van der Waals surface area contributed by atoms with Gasteiger partial charge in [0.2, 0.25) is 5.91 Å². The molecule has 1 saturated heterocycles. The Kier molecular flexibility index (Phi) is 23.4. The second kappa shape index (κ2) is 25.3. The largest absolute Gasteiger partial charge is 0.394 e. The van der Waals surface area contributed by atoms with Crippen LogP contribution in [-0.4, -0.2) is 87.5 Å². The van der Waals surface area contributed by atoms with Gasteiger partial charge in [0.15, 0.2) is 6.29 Å². The van der Waals surface area contributed by atoms with Gasteiger partial charge in [0.1, 0.15) is 24.4 Å². The van der Waals surface area contributed by atoms with E-state index in [1.54, 1.807) is 6.08 Å². The number of aliphatic hydroxyl groups is 5. The van der Waals surface area contributed by atoms with Crippen molar-refractivity contribution < 1.29 is 39.8 Å². The number of ether oxygens (including phenoxy) is 2. The molecule has 1 heterocycles. The van der Waals surface area contributed by atoms with Gasteiger partial charge < -0.3 is 40.3 Å². The first-order chi connectivity index (χ1) is 20.3. The maximum Gasteiger partial charge on any atom is 0.220 e. The van der Waals surface area contributed by atoms with Crippen LogP contribution in [-0.2, 0) is 14.3 Å². The lowest BCUT2D eigenvalue weighted by Gasteiger charge is -2.40. The van der Waals surface area contributed by atoms with E-state index in [9.17, 15) is 30.3 Å². The topological polar surface area (TPSA) is 149 Å². The standard InChI is InChI=1S/C33H63NO8/c1-3-5-7-9-11-12-13-14-15-17-19-21-23-29(37)34-26(27(36)22-20-18-16-10-8-6-4-2)25-41-33-32(40)31(39)30(38)28(24-35)42-33/h20,22,26-28,30-33,35-36,38-40H,3-19,21,23-25H2,1-2H3,(H,34,37)/b22-20+. The van der Waals surface area contributed by atoms with Crippen LogP contribution in [0.1, 0.15) is 136 Å². The average Bonchev–Trinajstić information content (AvgIpc) is 2.98. The number of hydrogen-bond donors (Lipinski definition) is 6. The molecule has 9 heteroatoms. The lowest BCUT2D eigenvalue weighted by atomic mass is 9.99. The number of rotatable bonds is 26. The Labute approximate surface area is 255 Å². The molecule has 42 heavy (non-hydrogen) atoms. The minimum absolute atomic E-state index is 0.184. The normalized spacial score (nSPS) is 24.2. The highest BCUT2D eigenvalue weighted by Gasteiger charge is 2.44. The summed E-state index contributed by atoms with van der Waals surface area (Å²) >= 11 is 0. The third kappa shape index (κ3) is 17.3. The molecule has 0 radical (unpaired) electrons. The number of hydrogen-bond acceptors (Lipinski definition) is 8. The van der Waals surface area contributed by atoms with E-state index < -0.39 is 49.5 Å². The van der Waals surface area contributed by atoms with Gasteiger partial charge in [0.05, 0.1) is 25.4 Å². The first kappa shape index (κ1) is 39.0. The number of aliphatic hydroxyl groups excluding tert-OH is 5. The summed E-state index contributed by atoms with van der Waals surface area (Å²) in [7, 11) is 0. The average molecular weight is 602 g/mol. The van der Waals surface area contributed by atoms with Crippen molar-refractivity contribution in [3.8, 4) is 0 Å². The summed E-state index contributed by atoms with van der Waals surface area (Å²) in [5.41, 5.74) is 0. The fraction of sp³-hybridized carbons (Fsp3) is 0.909. The highest BCUT2D eigenvalue weighted by atomic mass is 16.7. The second-order valence-corrected chi connectivity index (χ2v) is 12.0. The third-order valence-corrected chi connectivity index (χ3v) is 8.11. The highest BCUT2D eigenvalue weighted by molar-refractivity contribution is 5.76.